The summed E-state index contributed by atoms with van der Waals surface area (Å²) in [7, 11) is 1.43. The molecular formula is C19H28FN3O3. The van der Waals surface area contributed by atoms with E-state index in [2.05, 4.69) is 5.32 Å². The number of nitrogens with one attached hydrogen (secondary N) is 1. The van der Waals surface area contributed by atoms with Gasteiger partial charge >= 0.3 is 0 Å². The Morgan fingerprint density at radius 3 is 2.58 bits per heavy atom. The Labute approximate surface area is 154 Å². The largest absolute Gasteiger partial charge is 0.494 e. The van der Waals surface area contributed by atoms with Crippen LogP contribution in [0.4, 0.5) is 4.39 Å². The molecule has 1 heterocycles. The molecule has 0 aromatic heterocycles. The third-order valence-corrected chi connectivity index (χ3v) is 4.77. The van der Waals surface area contributed by atoms with Crippen LogP contribution in [0.15, 0.2) is 18.2 Å². The molecule has 144 valence electrons. The summed E-state index contributed by atoms with van der Waals surface area (Å²) < 4.78 is 18.9. The maximum Gasteiger partial charge on any atom is 0.240 e. The molecule has 7 heteroatoms. The fourth-order valence-corrected chi connectivity index (χ4v) is 3.52. The number of hydrogen-bond acceptors (Lipinski definition) is 4. The van der Waals surface area contributed by atoms with Crippen LogP contribution in [-0.4, -0.2) is 60.4 Å². The molecule has 6 nitrogen and oxygen atoms in total. The fourth-order valence-electron chi connectivity index (χ4n) is 3.52. The molecule has 1 N–H and O–H groups in total. The van der Waals surface area contributed by atoms with Gasteiger partial charge in [-0.3, -0.25) is 14.5 Å². The molecule has 2 amide bonds. The summed E-state index contributed by atoms with van der Waals surface area (Å²) in [5, 5.41) is 2.90. The van der Waals surface area contributed by atoms with Crippen molar-refractivity contribution in [1.29, 1.82) is 0 Å². The van der Waals surface area contributed by atoms with Crippen LogP contribution in [0.3, 0.4) is 0 Å². The van der Waals surface area contributed by atoms with Gasteiger partial charge in [-0.15, -0.1) is 0 Å². The first-order valence-corrected chi connectivity index (χ1v) is 9.01. The monoisotopic (exact) mass is 365 g/mol. The van der Waals surface area contributed by atoms with E-state index in [1.165, 1.54) is 20.1 Å². The lowest BCUT2D eigenvalue weighted by atomic mass is 10.1. The van der Waals surface area contributed by atoms with Crippen LogP contribution in [0.2, 0.25) is 0 Å². The van der Waals surface area contributed by atoms with Gasteiger partial charge in [0.25, 0.3) is 0 Å². The minimum absolute atomic E-state index is 0.0526. The number of rotatable bonds is 7. The summed E-state index contributed by atoms with van der Waals surface area (Å²) >= 11 is 0. The first-order chi connectivity index (χ1) is 12.4. The molecule has 1 aliphatic heterocycles. The van der Waals surface area contributed by atoms with Crippen LogP contribution in [0.25, 0.3) is 0 Å². The van der Waals surface area contributed by atoms with Crippen LogP contribution in [0.5, 0.6) is 5.75 Å². The lowest BCUT2D eigenvalue weighted by Gasteiger charge is -2.28. The molecule has 1 saturated heterocycles. The van der Waals surface area contributed by atoms with E-state index in [1.54, 1.807) is 17.0 Å². The first-order valence-electron chi connectivity index (χ1n) is 9.01. The van der Waals surface area contributed by atoms with Gasteiger partial charge < -0.3 is 15.0 Å². The van der Waals surface area contributed by atoms with Crippen LogP contribution in [0, 0.1) is 5.82 Å². The number of carbonyl (C=O) groups is 2. The van der Waals surface area contributed by atoms with Crippen molar-refractivity contribution in [1.82, 2.24) is 15.1 Å². The highest BCUT2D eigenvalue weighted by Gasteiger charge is 2.38. The van der Waals surface area contributed by atoms with Gasteiger partial charge in [0, 0.05) is 39.1 Å². The van der Waals surface area contributed by atoms with Gasteiger partial charge in [-0.05, 0) is 38.0 Å². The molecule has 0 saturated carbocycles. The van der Waals surface area contributed by atoms with Gasteiger partial charge in [-0.1, -0.05) is 6.07 Å². The molecule has 0 radical (unpaired) electrons. The zero-order valence-electron chi connectivity index (χ0n) is 15.9. The molecule has 1 aliphatic rings. The quantitative estimate of drug-likeness (QED) is 0.800. The summed E-state index contributed by atoms with van der Waals surface area (Å²) in [5.41, 5.74) is 0.768. The maximum atomic E-state index is 14.0. The molecular weight excluding hydrogens is 337 g/mol. The summed E-state index contributed by atoms with van der Waals surface area (Å²) in [6.45, 7) is 7.65. The Balaban J connectivity index is 2.19. The minimum atomic E-state index is -0.422. The topological polar surface area (TPSA) is 61.9 Å². The van der Waals surface area contributed by atoms with Crippen molar-refractivity contribution in [3.05, 3.63) is 29.6 Å². The number of nitrogens with zero attached hydrogens (tertiary/aromatic N) is 2. The van der Waals surface area contributed by atoms with Crippen LogP contribution < -0.4 is 10.1 Å². The molecule has 1 fully saturated rings. The van der Waals surface area contributed by atoms with Crippen LogP contribution >= 0.6 is 0 Å². The number of halogens is 1. The standard InChI is InChI=1S/C19H28FN3O3/c1-5-22(6-2)19(25)17-10-15(21-13(3)24)12-23(17)11-14-7-8-18(26-4)16(20)9-14/h7-9,15,17H,5-6,10-12H2,1-4H3,(H,21,24)/t15-,17-/m0/s1. The van der Waals surface area contributed by atoms with E-state index in [-0.39, 0.29) is 29.6 Å². The molecule has 2 atom stereocenters. The molecule has 0 spiro atoms. The Morgan fingerprint density at radius 1 is 1.35 bits per heavy atom. The van der Waals surface area contributed by atoms with Gasteiger partial charge in [0.1, 0.15) is 0 Å². The number of likely N-dealkylation sites (N-methyl/N-ethyl adjacent to an activating group) is 1. The second kappa shape index (κ2) is 8.98. The lowest BCUT2D eigenvalue weighted by Crippen LogP contribution is -2.45. The van der Waals surface area contributed by atoms with Gasteiger partial charge in [0.05, 0.1) is 13.2 Å². The van der Waals surface area contributed by atoms with Crippen molar-refractivity contribution in [3.8, 4) is 5.75 Å². The van der Waals surface area contributed by atoms with E-state index in [4.69, 9.17) is 4.74 Å². The van der Waals surface area contributed by atoms with Gasteiger partial charge in [0.2, 0.25) is 11.8 Å². The second-order valence-electron chi connectivity index (χ2n) is 6.56. The molecule has 0 bridgehead atoms. The Hall–Kier alpha value is -2.15. The van der Waals surface area contributed by atoms with E-state index in [0.717, 1.165) is 5.56 Å². The van der Waals surface area contributed by atoms with Gasteiger partial charge in [-0.2, -0.15) is 0 Å². The van der Waals surface area contributed by atoms with Crippen molar-refractivity contribution in [2.24, 2.45) is 0 Å². The molecule has 0 aliphatic carbocycles. The predicted molar refractivity (Wildman–Crippen MR) is 97.3 cm³/mol. The van der Waals surface area contributed by atoms with Gasteiger partial charge in [0.15, 0.2) is 11.6 Å². The molecule has 1 aromatic rings. The Kier molecular flexibility index (Phi) is 6.97. The fraction of sp³-hybridized carbons (Fsp3) is 0.579. The van der Waals surface area contributed by atoms with Crippen molar-refractivity contribution in [2.45, 2.75) is 45.8 Å². The predicted octanol–water partition coefficient (Wildman–Crippen LogP) is 1.78. The summed E-state index contributed by atoms with van der Waals surface area (Å²) in [6, 6.07) is 4.42. The average molecular weight is 365 g/mol. The zero-order valence-corrected chi connectivity index (χ0v) is 15.9. The number of ether oxygens (including phenoxy) is 1. The van der Waals surface area contributed by atoms with Crippen molar-refractivity contribution >= 4 is 11.8 Å². The van der Waals surface area contributed by atoms with E-state index in [1.807, 2.05) is 18.7 Å². The second-order valence-corrected chi connectivity index (χ2v) is 6.56. The van der Waals surface area contributed by atoms with Crippen LogP contribution in [0.1, 0.15) is 32.8 Å². The normalized spacial score (nSPS) is 20.0. The molecule has 1 aromatic carbocycles. The minimum Gasteiger partial charge on any atom is -0.494 e. The van der Waals surface area contributed by atoms with E-state index < -0.39 is 5.82 Å². The number of likely N-dealkylation sites (tertiary alicyclic amines) is 1. The number of hydrogen-bond donors (Lipinski definition) is 1. The van der Waals surface area contributed by atoms with E-state index >= 15 is 0 Å². The first kappa shape index (κ1) is 20.2. The zero-order chi connectivity index (χ0) is 19.3. The maximum absolute atomic E-state index is 14.0. The third kappa shape index (κ3) is 4.72. The summed E-state index contributed by atoms with van der Waals surface area (Å²) in [4.78, 5) is 28.1. The van der Waals surface area contributed by atoms with Crippen molar-refractivity contribution in [2.75, 3.05) is 26.7 Å². The smallest absolute Gasteiger partial charge is 0.240 e. The van der Waals surface area contributed by atoms with Gasteiger partial charge in [-0.25, -0.2) is 4.39 Å². The number of amides is 2. The summed E-state index contributed by atoms with van der Waals surface area (Å²) in [6.07, 6.45) is 0.563. The van der Waals surface area contributed by atoms with Crippen molar-refractivity contribution < 1.29 is 18.7 Å². The highest BCUT2D eigenvalue weighted by atomic mass is 19.1. The number of benzene rings is 1. The molecule has 26 heavy (non-hydrogen) atoms. The Morgan fingerprint density at radius 2 is 2.04 bits per heavy atom. The third-order valence-electron chi connectivity index (χ3n) is 4.77. The van der Waals surface area contributed by atoms with E-state index in [0.29, 0.717) is 32.6 Å². The molecule has 2 rings (SSSR count). The lowest BCUT2D eigenvalue weighted by molar-refractivity contribution is -0.135. The van der Waals surface area contributed by atoms with E-state index in [9.17, 15) is 14.0 Å². The van der Waals surface area contributed by atoms with Crippen molar-refractivity contribution in [3.63, 3.8) is 0 Å². The summed E-state index contributed by atoms with van der Waals surface area (Å²) in [5.74, 6) is -0.283. The van der Waals surface area contributed by atoms with Crippen LogP contribution in [-0.2, 0) is 16.1 Å². The highest BCUT2D eigenvalue weighted by molar-refractivity contribution is 5.82. The molecule has 0 unspecified atom stereocenters. The number of carbonyl (C=O) groups excluding carboxylic acids is 2. The Bertz CT molecular complexity index is 649. The SMILES string of the molecule is CCN(CC)C(=O)[C@@H]1C[C@H](NC(C)=O)CN1Cc1ccc(OC)c(F)c1. The average Bonchev–Trinajstić information content (AvgIpc) is 2.97. The highest BCUT2D eigenvalue weighted by Crippen LogP contribution is 2.25. The number of methoxy groups -OCH3 is 1.